The Morgan fingerprint density at radius 2 is 2.04 bits per heavy atom. The number of aliphatic hydroxyl groups excluding tert-OH is 1. The molecule has 25 heavy (non-hydrogen) atoms. The van der Waals surface area contributed by atoms with E-state index < -0.39 is 6.04 Å². The third kappa shape index (κ3) is 3.32. The van der Waals surface area contributed by atoms with E-state index in [1.165, 1.54) is 0 Å². The number of H-pyrrole nitrogens is 1. The van der Waals surface area contributed by atoms with Gasteiger partial charge < -0.3 is 10.4 Å². The molecule has 3 N–H and O–H groups in total. The van der Waals surface area contributed by atoms with Gasteiger partial charge in [-0.3, -0.25) is 14.6 Å². The normalized spacial score (nSPS) is 12.2. The number of aromatic amines is 1. The van der Waals surface area contributed by atoms with Gasteiger partial charge in [-0.1, -0.05) is 30.3 Å². The van der Waals surface area contributed by atoms with Crippen molar-refractivity contribution in [1.82, 2.24) is 25.3 Å². The second kappa shape index (κ2) is 6.90. The minimum absolute atomic E-state index is 0.183. The number of hydrogen-bond acceptors (Lipinski definition) is 4. The van der Waals surface area contributed by atoms with Crippen LogP contribution in [0, 0.1) is 13.8 Å². The molecule has 1 atom stereocenters. The van der Waals surface area contributed by atoms with E-state index in [4.69, 9.17) is 0 Å². The second-order valence-electron chi connectivity index (χ2n) is 5.96. The van der Waals surface area contributed by atoms with Gasteiger partial charge in [-0.2, -0.15) is 10.2 Å². The van der Waals surface area contributed by atoms with Crippen LogP contribution < -0.4 is 5.32 Å². The molecule has 0 aliphatic heterocycles. The van der Waals surface area contributed by atoms with Crippen molar-refractivity contribution < 1.29 is 9.90 Å². The molecule has 0 fully saturated rings. The van der Waals surface area contributed by atoms with Gasteiger partial charge >= 0.3 is 0 Å². The average molecular weight is 339 g/mol. The number of carbonyl (C=O) groups is 1. The van der Waals surface area contributed by atoms with E-state index in [-0.39, 0.29) is 12.5 Å². The molecule has 7 nitrogen and oxygen atoms in total. The number of rotatable bonds is 5. The van der Waals surface area contributed by atoms with Crippen molar-refractivity contribution in [3.63, 3.8) is 0 Å². The van der Waals surface area contributed by atoms with E-state index in [0.29, 0.717) is 11.4 Å². The van der Waals surface area contributed by atoms with Gasteiger partial charge in [0.1, 0.15) is 5.69 Å². The maximum absolute atomic E-state index is 12.5. The van der Waals surface area contributed by atoms with Crippen molar-refractivity contribution in [2.75, 3.05) is 6.61 Å². The molecule has 3 rings (SSSR count). The molecule has 2 heterocycles. The number of aryl methyl sites for hydroxylation is 2. The molecule has 0 saturated carbocycles. The Labute approximate surface area is 145 Å². The summed E-state index contributed by atoms with van der Waals surface area (Å²) in [6, 6.07) is 10.6. The van der Waals surface area contributed by atoms with E-state index in [2.05, 4.69) is 20.6 Å². The lowest BCUT2D eigenvalue weighted by atomic mass is 10.1. The van der Waals surface area contributed by atoms with Crippen molar-refractivity contribution in [1.29, 1.82) is 0 Å². The van der Waals surface area contributed by atoms with Crippen LogP contribution in [0.3, 0.4) is 0 Å². The average Bonchev–Trinajstić information content (AvgIpc) is 3.18. The predicted octanol–water partition coefficient (Wildman–Crippen LogP) is 1.89. The molecule has 7 heteroatoms. The van der Waals surface area contributed by atoms with Crippen LogP contribution in [0.25, 0.3) is 11.3 Å². The lowest BCUT2D eigenvalue weighted by Crippen LogP contribution is -2.31. The predicted molar refractivity (Wildman–Crippen MR) is 94.0 cm³/mol. The zero-order chi connectivity index (χ0) is 18.0. The highest BCUT2D eigenvalue weighted by Crippen LogP contribution is 2.25. The highest BCUT2D eigenvalue weighted by atomic mass is 16.3. The number of aromatic nitrogens is 4. The third-order valence-electron chi connectivity index (χ3n) is 4.28. The number of hydrogen-bond donors (Lipinski definition) is 3. The van der Waals surface area contributed by atoms with E-state index in [9.17, 15) is 9.90 Å². The molecule has 0 radical (unpaired) electrons. The first-order valence-electron chi connectivity index (χ1n) is 8.04. The molecule has 0 unspecified atom stereocenters. The molecule has 0 saturated heterocycles. The Balaban J connectivity index is 1.81. The van der Waals surface area contributed by atoms with Gasteiger partial charge in [0.05, 0.1) is 24.0 Å². The summed E-state index contributed by atoms with van der Waals surface area (Å²) in [5, 5.41) is 23.8. The highest BCUT2D eigenvalue weighted by molar-refractivity contribution is 5.93. The summed E-state index contributed by atoms with van der Waals surface area (Å²) in [7, 11) is 1.87. The monoisotopic (exact) mass is 339 g/mol. The van der Waals surface area contributed by atoms with Gasteiger partial charge in [-0.25, -0.2) is 0 Å². The molecule has 1 amide bonds. The summed E-state index contributed by atoms with van der Waals surface area (Å²) in [5.74, 6) is -0.319. The fraction of sp³-hybridized carbons (Fsp3) is 0.278. The van der Waals surface area contributed by atoms with Crippen molar-refractivity contribution in [2.24, 2.45) is 7.05 Å². The Morgan fingerprint density at radius 1 is 1.32 bits per heavy atom. The summed E-state index contributed by atoms with van der Waals surface area (Å²) in [6.45, 7) is 3.69. The smallest absolute Gasteiger partial charge is 0.269 e. The van der Waals surface area contributed by atoms with Gasteiger partial charge in [0.25, 0.3) is 5.91 Å². The fourth-order valence-corrected chi connectivity index (χ4v) is 2.87. The first-order valence-corrected chi connectivity index (χ1v) is 8.04. The van der Waals surface area contributed by atoms with E-state index in [1.54, 1.807) is 10.7 Å². The number of amides is 1. The van der Waals surface area contributed by atoms with Crippen LogP contribution in [0.5, 0.6) is 0 Å². The Morgan fingerprint density at radius 3 is 2.64 bits per heavy atom. The van der Waals surface area contributed by atoms with Crippen molar-refractivity contribution in [2.45, 2.75) is 19.9 Å². The lowest BCUT2D eigenvalue weighted by Gasteiger charge is -2.15. The van der Waals surface area contributed by atoms with Crippen molar-refractivity contribution >= 4 is 5.91 Å². The minimum atomic E-state index is -0.470. The number of nitrogens with zero attached hydrogens (tertiary/aromatic N) is 3. The number of benzene rings is 1. The molecule has 0 spiro atoms. The zero-order valence-electron chi connectivity index (χ0n) is 14.4. The van der Waals surface area contributed by atoms with Gasteiger partial charge in [-0.05, 0) is 25.5 Å². The molecular formula is C18H21N5O2. The highest BCUT2D eigenvalue weighted by Gasteiger charge is 2.19. The molecule has 3 aromatic rings. The second-order valence-corrected chi connectivity index (χ2v) is 5.96. The summed E-state index contributed by atoms with van der Waals surface area (Å²) in [4.78, 5) is 12.5. The summed E-state index contributed by atoms with van der Waals surface area (Å²) >= 11 is 0. The van der Waals surface area contributed by atoms with Crippen LogP contribution >= 0.6 is 0 Å². The van der Waals surface area contributed by atoms with Gasteiger partial charge in [0.15, 0.2) is 0 Å². The molecule has 0 aliphatic carbocycles. The molecular weight excluding hydrogens is 318 g/mol. The van der Waals surface area contributed by atoms with E-state index in [1.807, 2.05) is 51.2 Å². The summed E-state index contributed by atoms with van der Waals surface area (Å²) < 4.78 is 1.79. The molecule has 1 aromatic carbocycles. The number of aliphatic hydroxyl groups is 1. The van der Waals surface area contributed by atoms with Gasteiger partial charge in [0, 0.05) is 18.3 Å². The molecule has 0 bridgehead atoms. The minimum Gasteiger partial charge on any atom is -0.394 e. The van der Waals surface area contributed by atoms with Crippen LogP contribution in [0.2, 0.25) is 0 Å². The Kier molecular flexibility index (Phi) is 4.67. The van der Waals surface area contributed by atoms with Crippen molar-refractivity contribution in [3.05, 3.63) is 59.0 Å². The fourth-order valence-electron chi connectivity index (χ4n) is 2.87. The standard InChI is InChI=1S/C18H21N5O2/c1-11-17(12(2)23(3)22-11)14-9-15(21-20-14)18(25)19-16(10-24)13-7-5-4-6-8-13/h4-9,16,24H,10H2,1-3H3,(H,19,25)(H,20,21)/t16-/m1/s1. The maximum atomic E-state index is 12.5. The number of nitrogens with one attached hydrogen (secondary N) is 2. The van der Waals surface area contributed by atoms with E-state index >= 15 is 0 Å². The van der Waals surface area contributed by atoms with Crippen LogP contribution in [-0.2, 0) is 7.05 Å². The topological polar surface area (TPSA) is 95.8 Å². The zero-order valence-corrected chi connectivity index (χ0v) is 14.4. The quantitative estimate of drug-likeness (QED) is 0.661. The van der Waals surface area contributed by atoms with Crippen LogP contribution in [0.4, 0.5) is 0 Å². The van der Waals surface area contributed by atoms with E-state index in [0.717, 1.165) is 22.5 Å². The Hall–Kier alpha value is -2.93. The van der Waals surface area contributed by atoms with Gasteiger partial charge in [0.2, 0.25) is 0 Å². The summed E-state index contributed by atoms with van der Waals surface area (Å²) in [5.41, 5.74) is 4.61. The molecule has 130 valence electrons. The van der Waals surface area contributed by atoms with Crippen LogP contribution in [0.1, 0.15) is 33.5 Å². The maximum Gasteiger partial charge on any atom is 0.269 e. The molecule has 2 aromatic heterocycles. The third-order valence-corrected chi connectivity index (χ3v) is 4.28. The lowest BCUT2D eigenvalue weighted by molar-refractivity contribution is 0.0911. The number of carbonyl (C=O) groups excluding carboxylic acids is 1. The SMILES string of the molecule is Cc1nn(C)c(C)c1-c1cc(C(=O)N[C@H](CO)c2ccccc2)[nH]n1. The first kappa shape index (κ1) is 16.9. The largest absolute Gasteiger partial charge is 0.394 e. The van der Waals surface area contributed by atoms with Gasteiger partial charge in [-0.15, -0.1) is 0 Å². The summed E-state index contributed by atoms with van der Waals surface area (Å²) in [6.07, 6.45) is 0. The van der Waals surface area contributed by atoms with Crippen LogP contribution in [-0.4, -0.2) is 37.6 Å². The molecule has 0 aliphatic rings. The Bertz CT molecular complexity index is 882. The van der Waals surface area contributed by atoms with Crippen molar-refractivity contribution in [3.8, 4) is 11.3 Å². The van der Waals surface area contributed by atoms with Crippen LogP contribution in [0.15, 0.2) is 36.4 Å². The first-order chi connectivity index (χ1) is 12.0.